The van der Waals surface area contributed by atoms with Gasteiger partial charge in [0.05, 0.1) is 12.7 Å². The molecule has 2 nitrogen and oxygen atoms in total. The first-order valence-electron chi connectivity index (χ1n) is 6.86. The third kappa shape index (κ3) is 3.02. The number of aryl methyl sites for hydroxylation is 2. The third-order valence-corrected chi connectivity index (χ3v) is 3.71. The molecular weight excluding hydrogens is 248 g/mol. The molecule has 0 aliphatic heterocycles. The average Bonchev–Trinajstić information content (AvgIpc) is 2.41. The number of hydrogen-bond acceptors (Lipinski definition) is 2. The predicted molar refractivity (Wildman–Crippen MR) is 82.2 cm³/mol. The van der Waals surface area contributed by atoms with E-state index in [9.17, 15) is 5.11 Å². The molecule has 2 aromatic carbocycles. The number of aliphatic hydroxyl groups is 1. The van der Waals surface area contributed by atoms with Crippen LogP contribution in [-0.4, -0.2) is 12.2 Å². The lowest BCUT2D eigenvalue weighted by Crippen LogP contribution is -2.25. The summed E-state index contributed by atoms with van der Waals surface area (Å²) < 4.78 is 5.33. The van der Waals surface area contributed by atoms with E-state index in [0.717, 1.165) is 28.0 Å². The molecule has 2 aromatic rings. The Hall–Kier alpha value is -1.80. The lowest BCUT2D eigenvalue weighted by atomic mass is 9.85. The fraction of sp³-hybridized carbons (Fsp3) is 0.333. The Morgan fingerprint density at radius 3 is 2.30 bits per heavy atom. The van der Waals surface area contributed by atoms with Crippen LogP contribution in [0.5, 0.6) is 5.75 Å². The lowest BCUT2D eigenvalue weighted by molar-refractivity contribution is 0.0568. The fourth-order valence-electron chi connectivity index (χ4n) is 2.68. The van der Waals surface area contributed by atoms with E-state index < -0.39 is 5.60 Å². The molecule has 106 valence electrons. The van der Waals surface area contributed by atoms with Crippen LogP contribution in [0.25, 0.3) is 0 Å². The van der Waals surface area contributed by atoms with Crippen LogP contribution in [0.3, 0.4) is 0 Å². The summed E-state index contributed by atoms with van der Waals surface area (Å²) in [5.74, 6) is 0.863. The van der Waals surface area contributed by atoms with Crippen LogP contribution in [0.1, 0.15) is 29.2 Å². The highest BCUT2D eigenvalue weighted by molar-refractivity contribution is 5.44. The van der Waals surface area contributed by atoms with Gasteiger partial charge in [-0.05, 0) is 55.2 Å². The maximum atomic E-state index is 10.9. The van der Waals surface area contributed by atoms with Crippen LogP contribution in [0.2, 0.25) is 0 Å². The van der Waals surface area contributed by atoms with E-state index in [4.69, 9.17) is 4.74 Å². The molecule has 0 aliphatic rings. The van der Waals surface area contributed by atoms with Gasteiger partial charge in [-0.2, -0.15) is 0 Å². The van der Waals surface area contributed by atoms with Crippen molar-refractivity contribution in [2.75, 3.05) is 7.11 Å². The summed E-state index contributed by atoms with van der Waals surface area (Å²) in [6.45, 7) is 5.88. The molecule has 0 fully saturated rings. The van der Waals surface area contributed by atoms with Gasteiger partial charge in [0.2, 0.25) is 0 Å². The van der Waals surface area contributed by atoms with Crippen molar-refractivity contribution in [3.05, 3.63) is 64.7 Å². The average molecular weight is 270 g/mol. The van der Waals surface area contributed by atoms with E-state index in [1.165, 1.54) is 0 Å². The fourth-order valence-corrected chi connectivity index (χ4v) is 2.68. The molecule has 1 unspecified atom stereocenters. The number of benzene rings is 2. The van der Waals surface area contributed by atoms with Gasteiger partial charge in [0, 0.05) is 6.42 Å². The molecule has 1 N–H and O–H groups in total. The second-order valence-electron chi connectivity index (χ2n) is 5.57. The summed E-state index contributed by atoms with van der Waals surface area (Å²) in [5, 5.41) is 10.9. The van der Waals surface area contributed by atoms with Gasteiger partial charge in [0.1, 0.15) is 5.75 Å². The SMILES string of the molecule is COc1cc(C)c(C(C)(O)Cc2ccccc2)cc1C. The standard InChI is InChI=1S/C18H22O2/c1-13-11-17(20-4)14(2)10-16(13)18(3,19)12-15-8-6-5-7-9-15/h5-11,19H,12H2,1-4H3. The molecule has 0 spiro atoms. The Labute approximate surface area is 121 Å². The molecule has 0 aromatic heterocycles. The third-order valence-electron chi connectivity index (χ3n) is 3.71. The van der Waals surface area contributed by atoms with Crippen LogP contribution < -0.4 is 4.74 Å². The molecule has 0 saturated heterocycles. The van der Waals surface area contributed by atoms with E-state index in [1.54, 1.807) is 7.11 Å². The second-order valence-corrected chi connectivity index (χ2v) is 5.57. The maximum Gasteiger partial charge on any atom is 0.122 e. The second kappa shape index (κ2) is 5.68. The van der Waals surface area contributed by atoms with Gasteiger partial charge in [-0.1, -0.05) is 30.3 Å². The minimum Gasteiger partial charge on any atom is -0.496 e. The van der Waals surface area contributed by atoms with Crippen molar-refractivity contribution in [2.24, 2.45) is 0 Å². The smallest absolute Gasteiger partial charge is 0.122 e. The normalized spacial score (nSPS) is 13.8. The first-order valence-corrected chi connectivity index (χ1v) is 6.86. The first-order chi connectivity index (χ1) is 9.44. The molecule has 2 rings (SSSR count). The van der Waals surface area contributed by atoms with E-state index in [-0.39, 0.29) is 0 Å². The lowest BCUT2D eigenvalue weighted by Gasteiger charge is -2.27. The highest BCUT2D eigenvalue weighted by Gasteiger charge is 2.26. The van der Waals surface area contributed by atoms with E-state index in [1.807, 2.05) is 63.2 Å². The van der Waals surface area contributed by atoms with E-state index >= 15 is 0 Å². The number of ether oxygens (including phenoxy) is 1. The maximum absolute atomic E-state index is 10.9. The van der Waals surface area contributed by atoms with Gasteiger partial charge in [0.15, 0.2) is 0 Å². The zero-order valence-electron chi connectivity index (χ0n) is 12.6. The zero-order chi connectivity index (χ0) is 14.8. The minimum absolute atomic E-state index is 0.598. The van der Waals surface area contributed by atoms with Gasteiger partial charge < -0.3 is 9.84 Å². The van der Waals surface area contributed by atoms with Crippen molar-refractivity contribution in [3.63, 3.8) is 0 Å². The van der Waals surface area contributed by atoms with Crippen LogP contribution in [0.4, 0.5) is 0 Å². The molecule has 0 aliphatic carbocycles. The van der Waals surface area contributed by atoms with Crippen molar-refractivity contribution in [3.8, 4) is 5.75 Å². The summed E-state index contributed by atoms with van der Waals surface area (Å²) in [7, 11) is 1.67. The van der Waals surface area contributed by atoms with Crippen molar-refractivity contribution in [1.29, 1.82) is 0 Å². The number of rotatable bonds is 4. The molecule has 0 radical (unpaired) electrons. The molecule has 0 amide bonds. The minimum atomic E-state index is -0.886. The van der Waals surface area contributed by atoms with Gasteiger partial charge in [-0.3, -0.25) is 0 Å². The summed E-state index contributed by atoms with van der Waals surface area (Å²) in [4.78, 5) is 0. The summed E-state index contributed by atoms with van der Waals surface area (Å²) in [6, 6.07) is 14.1. The van der Waals surface area contributed by atoms with Crippen molar-refractivity contribution in [2.45, 2.75) is 32.8 Å². The largest absolute Gasteiger partial charge is 0.496 e. The predicted octanol–water partition coefficient (Wildman–Crippen LogP) is 3.76. The highest BCUT2D eigenvalue weighted by Crippen LogP contribution is 2.32. The number of hydrogen-bond donors (Lipinski definition) is 1. The Bertz CT molecular complexity index is 586. The Morgan fingerprint density at radius 1 is 1.05 bits per heavy atom. The summed E-state index contributed by atoms with van der Waals surface area (Å²) in [5.41, 5.74) is 3.29. The Kier molecular flexibility index (Phi) is 4.15. The zero-order valence-corrected chi connectivity index (χ0v) is 12.6. The molecule has 0 saturated carbocycles. The Balaban J connectivity index is 2.36. The monoisotopic (exact) mass is 270 g/mol. The summed E-state index contributed by atoms with van der Waals surface area (Å²) in [6.07, 6.45) is 0.598. The molecule has 2 heteroatoms. The Morgan fingerprint density at radius 2 is 1.70 bits per heavy atom. The van der Waals surface area contributed by atoms with Crippen LogP contribution >= 0.6 is 0 Å². The molecule has 0 bridgehead atoms. The van der Waals surface area contributed by atoms with Crippen LogP contribution in [-0.2, 0) is 12.0 Å². The van der Waals surface area contributed by atoms with Crippen LogP contribution in [0.15, 0.2) is 42.5 Å². The van der Waals surface area contributed by atoms with Crippen molar-refractivity contribution in [1.82, 2.24) is 0 Å². The van der Waals surface area contributed by atoms with Crippen molar-refractivity contribution < 1.29 is 9.84 Å². The highest BCUT2D eigenvalue weighted by atomic mass is 16.5. The van der Waals surface area contributed by atoms with E-state index in [2.05, 4.69) is 0 Å². The van der Waals surface area contributed by atoms with Crippen molar-refractivity contribution >= 4 is 0 Å². The molecule has 0 heterocycles. The van der Waals surface area contributed by atoms with Gasteiger partial charge in [-0.25, -0.2) is 0 Å². The quantitative estimate of drug-likeness (QED) is 0.916. The van der Waals surface area contributed by atoms with Gasteiger partial charge in [-0.15, -0.1) is 0 Å². The molecule has 20 heavy (non-hydrogen) atoms. The van der Waals surface area contributed by atoms with E-state index in [0.29, 0.717) is 6.42 Å². The summed E-state index contributed by atoms with van der Waals surface area (Å²) >= 11 is 0. The number of methoxy groups -OCH3 is 1. The van der Waals surface area contributed by atoms with Gasteiger partial charge >= 0.3 is 0 Å². The van der Waals surface area contributed by atoms with Crippen LogP contribution in [0, 0.1) is 13.8 Å². The topological polar surface area (TPSA) is 29.5 Å². The molecular formula is C18H22O2. The molecule has 1 atom stereocenters. The van der Waals surface area contributed by atoms with Gasteiger partial charge in [0.25, 0.3) is 0 Å². The first kappa shape index (κ1) is 14.6.